The van der Waals surface area contributed by atoms with E-state index in [1.807, 2.05) is 16.9 Å². The van der Waals surface area contributed by atoms with Gasteiger partial charge in [0.25, 0.3) is 0 Å². The summed E-state index contributed by atoms with van der Waals surface area (Å²) in [5, 5.41) is 13.3. The molecule has 0 aliphatic rings. The molecule has 4 heteroatoms. The zero-order valence-electron chi connectivity index (χ0n) is 9.86. The van der Waals surface area contributed by atoms with Crippen molar-refractivity contribution in [1.82, 2.24) is 9.78 Å². The van der Waals surface area contributed by atoms with Crippen molar-refractivity contribution in [3.8, 4) is 6.07 Å². The number of aromatic nitrogens is 2. The van der Waals surface area contributed by atoms with E-state index < -0.39 is 0 Å². The van der Waals surface area contributed by atoms with Gasteiger partial charge in [-0.2, -0.15) is 10.4 Å². The second kappa shape index (κ2) is 6.55. The van der Waals surface area contributed by atoms with Crippen LogP contribution in [-0.4, -0.2) is 15.7 Å². The molecule has 1 aromatic heterocycles. The van der Waals surface area contributed by atoms with Crippen molar-refractivity contribution < 1.29 is 0 Å². The highest BCUT2D eigenvalue weighted by Crippen LogP contribution is 2.16. The Balaban J connectivity index is 2.68. The summed E-state index contributed by atoms with van der Waals surface area (Å²) in [7, 11) is 0. The molecule has 1 rings (SSSR count). The maximum absolute atomic E-state index is 8.83. The third-order valence-corrected chi connectivity index (χ3v) is 3.18. The third kappa shape index (κ3) is 3.24. The number of hydrogen-bond acceptors (Lipinski definition) is 2. The van der Waals surface area contributed by atoms with E-state index in [0.717, 1.165) is 18.5 Å². The standard InChI is InChI=1S/C12H18ClN3/c1-3-12(4-2)16-6-5-11(15-16)7-10(8-13)9-14/h5-6,10,12H,3-4,7-8H2,1-2H3. The van der Waals surface area contributed by atoms with Crippen LogP contribution in [0, 0.1) is 17.2 Å². The van der Waals surface area contributed by atoms with E-state index in [2.05, 4.69) is 25.0 Å². The van der Waals surface area contributed by atoms with E-state index in [1.54, 1.807) is 0 Å². The molecule has 0 N–H and O–H groups in total. The van der Waals surface area contributed by atoms with Gasteiger partial charge >= 0.3 is 0 Å². The van der Waals surface area contributed by atoms with Crippen molar-refractivity contribution in [2.45, 2.75) is 39.2 Å². The van der Waals surface area contributed by atoms with Crippen molar-refractivity contribution in [2.75, 3.05) is 5.88 Å². The van der Waals surface area contributed by atoms with Crippen molar-refractivity contribution in [2.24, 2.45) is 5.92 Å². The van der Waals surface area contributed by atoms with E-state index in [4.69, 9.17) is 16.9 Å². The Bertz CT molecular complexity index is 349. The molecule has 0 saturated carbocycles. The van der Waals surface area contributed by atoms with E-state index in [9.17, 15) is 0 Å². The fourth-order valence-electron chi connectivity index (χ4n) is 1.74. The van der Waals surface area contributed by atoms with Gasteiger partial charge in [0.05, 0.1) is 23.7 Å². The fraction of sp³-hybridized carbons (Fsp3) is 0.667. The van der Waals surface area contributed by atoms with Gasteiger partial charge in [0.1, 0.15) is 0 Å². The number of hydrogen-bond donors (Lipinski definition) is 0. The van der Waals surface area contributed by atoms with Crippen molar-refractivity contribution >= 4 is 11.6 Å². The number of alkyl halides is 1. The zero-order chi connectivity index (χ0) is 12.0. The Kier molecular flexibility index (Phi) is 5.34. The van der Waals surface area contributed by atoms with Gasteiger partial charge in [0, 0.05) is 18.5 Å². The first-order chi connectivity index (χ1) is 7.74. The van der Waals surface area contributed by atoms with Crippen LogP contribution in [0.25, 0.3) is 0 Å². The average molecular weight is 240 g/mol. The van der Waals surface area contributed by atoms with Gasteiger partial charge < -0.3 is 0 Å². The summed E-state index contributed by atoms with van der Waals surface area (Å²) in [6.45, 7) is 4.32. The van der Waals surface area contributed by atoms with Crippen molar-refractivity contribution in [1.29, 1.82) is 5.26 Å². The zero-order valence-corrected chi connectivity index (χ0v) is 10.6. The van der Waals surface area contributed by atoms with Gasteiger partial charge in [-0.15, -0.1) is 11.6 Å². The average Bonchev–Trinajstić information content (AvgIpc) is 2.76. The lowest BCUT2D eigenvalue weighted by molar-refractivity contribution is 0.424. The Morgan fingerprint density at radius 1 is 1.50 bits per heavy atom. The molecule has 0 radical (unpaired) electrons. The van der Waals surface area contributed by atoms with E-state index >= 15 is 0 Å². The predicted molar refractivity (Wildman–Crippen MR) is 65.4 cm³/mol. The minimum absolute atomic E-state index is 0.133. The molecule has 1 heterocycles. The van der Waals surface area contributed by atoms with Crippen LogP contribution in [0.5, 0.6) is 0 Å². The molecular formula is C12H18ClN3. The second-order valence-electron chi connectivity index (χ2n) is 3.94. The van der Waals surface area contributed by atoms with Gasteiger partial charge in [-0.25, -0.2) is 0 Å². The van der Waals surface area contributed by atoms with E-state index in [1.165, 1.54) is 0 Å². The van der Waals surface area contributed by atoms with Crippen molar-refractivity contribution in [3.63, 3.8) is 0 Å². The highest BCUT2D eigenvalue weighted by atomic mass is 35.5. The summed E-state index contributed by atoms with van der Waals surface area (Å²) in [6.07, 6.45) is 4.80. The molecule has 3 nitrogen and oxygen atoms in total. The predicted octanol–water partition coefficient (Wildman–Crippen LogP) is 3.17. The topological polar surface area (TPSA) is 41.6 Å². The summed E-state index contributed by atoms with van der Waals surface area (Å²) >= 11 is 5.68. The lowest BCUT2D eigenvalue weighted by atomic mass is 10.1. The van der Waals surface area contributed by atoms with Gasteiger partial charge in [0.2, 0.25) is 0 Å². The molecule has 1 unspecified atom stereocenters. The molecule has 16 heavy (non-hydrogen) atoms. The van der Waals surface area contributed by atoms with Crippen LogP contribution in [0.4, 0.5) is 0 Å². The first-order valence-electron chi connectivity index (χ1n) is 5.74. The molecule has 0 bridgehead atoms. The minimum Gasteiger partial charge on any atom is -0.269 e. The summed E-state index contributed by atoms with van der Waals surface area (Å²) in [5.74, 6) is 0.237. The van der Waals surface area contributed by atoms with Crippen molar-refractivity contribution in [3.05, 3.63) is 18.0 Å². The molecule has 0 amide bonds. The number of rotatable bonds is 6. The minimum atomic E-state index is -0.133. The van der Waals surface area contributed by atoms with Gasteiger partial charge in [-0.1, -0.05) is 13.8 Å². The Morgan fingerprint density at radius 3 is 2.69 bits per heavy atom. The smallest absolute Gasteiger partial charge is 0.0672 e. The quantitative estimate of drug-likeness (QED) is 0.716. The Labute approximate surface area is 102 Å². The van der Waals surface area contributed by atoms with Crippen LogP contribution >= 0.6 is 11.6 Å². The van der Waals surface area contributed by atoms with Crippen LogP contribution < -0.4 is 0 Å². The first-order valence-corrected chi connectivity index (χ1v) is 6.28. The van der Waals surface area contributed by atoms with Crippen LogP contribution in [0.2, 0.25) is 0 Å². The van der Waals surface area contributed by atoms with E-state index in [0.29, 0.717) is 18.3 Å². The maximum atomic E-state index is 8.83. The molecule has 0 spiro atoms. The molecule has 1 atom stereocenters. The Morgan fingerprint density at radius 2 is 2.19 bits per heavy atom. The van der Waals surface area contributed by atoms with Gasteiger partial charge in [-0.05, 0) is 18.9 Å². The van der Waals surface area contributed by atoms with E-state index in [-0.39, 0.29) is 5.92 Å². The molecule has 0 aromatic carbocycles. The molecule has 88 valence electrons. The number of nitriles is 1. The number of nitrogens with zero attached hydrogens (tertiary/aromatic N) is 3. The molecule has 0 saturated heterocycles. The van der Waals surface area contributed by atoms with Crippen LogP contribution in [0.3, 0.4) is 0 Å². The monoisotopic (exact) mass is 239 g/mol. The molecular weight excluding hydrogens is 222 g/mol. The molecule has 0 fully saturated rings. The van der Waals surface area contributed by atoms with Crippen LogP contribution in [-0.2, 0) is 6.42 Å². The second-order valence-corrected chi connectivity index (χ2v) is 4.25. The summed E-state index contributed by atoms with van der Waals surface area (Å²) < 4.78 is 2.00. The lowest BCUT2D eigenvalue weighted by Gasteiger charge is -2.12. The van der Waals surface area contributed by atoms with Crippen LogP contribution in [0.15, 0.2) is 12.3 Å². The molecule has 0 aliphatic carbocycles. The SMILES string of the molecule is CCC(CC)n1ccc(CC(C#N)CCl)n1. The Hall–Kier alpha value is -1.01. The molecule has 0 aliphatic heterocycles. The normalized spacial score (nSPS) is 12.7. The molecule has 1 aromatic rings. The summed E-state index contributed by atoms with van der Waals surface area (Å²) in [4.78, 5) is 0. The summed E-state index contributed by atoms with van der Waals surface area (Å²) in [5.41, 5.74) is 0.958. The third-order valence-electron chi connectivity index (χ3n) is 2.80. The number of halogens is 1. The van der Waals surface area contributed by atoms with Gasteiger partial charge in [-0.3, -0.25) is 4.68 Å². The maximum Gasteiger partial charge on any atom is 0.0672 e. The first kappa shape index (κ1) is 13.1. The largest absolute Gasteiger partial charge is 0.269 e. The highest BCUT2D eigenvalue weighted by Gasteiger charge is 2.11. The fourth-order valence-corrected chi connectivity index (χ4v) is 1.92. The summed E-state index contributed by atoms with van der Waals surface area (Å²) in [6, 6.07) is 4.63. The van der Waals surface area contributed by atoms with Crippen LogP contribution in [0.1, 0.15) is 38.4 Å². The van der Waals surface area contributed by atoms with Gasteiger partial charge in [0.15, 0.2) is 0 Å². The lowest BCUT2D eigenvalue weighted by Crippen LogP contribution is -2.09. The highest BCUT2D eigenvalue weighted by molar-refractivity contribution is 6.18.